The SMILES string of the molecule is C[C@]1(N)CCCCC1CO.Cl. The van der Waals surface area contributed by atoms with E-state index in [1.807, 2.05) is 6.92 Å². The van der Waals surface area contributed by atoms with Gasteiger partial charge in [0, 0.05) is 12.1 Å². The van der Waals surface area contributed by atoms with Gasteiger partial charge >= 0.3 is 0 Å². The van der Waals surface area contributed by atoms with Gasteiger partial charge in [0.05, 0.1) is 0 Å². The van der Waals surface area contributed by atoms with Gasteiger partial charge in [-0.3, -0.25) is 0 Å². The molecular weight excluding hydrogens is 162 g/mol. The van der Waals surface area contributed by atoms with E-state index in [1.165, 1.54) is 12.8 Å². The molecule has 0 aromatic heterocycles. The molecule has 3 heteroatoms. The molecule has 0 aromatic carbocycles. The van der Waals surface area contributed by atoms with E-state index >= 15 is 0 Å². The molecule has 3 N–H and O–H groups in total. The highest BCUT2D eigenvalue weighted by molar-refractivity contribution is 5.85. The van der Waals surface area contributed by atoms with Crippen molar-refractivity contribution in [1.29, 1.82) is 0 Å². The van der Waals surface area contributed by atoms with Crippen molar-refractivity contribution in [3.05, 3.63) is 0 Å². The van der Waals surface area contributed by atoms with Crippen molar-refractivity contribution in [2.45, 2.75) is 38.1 Å². The zero-order valence-electron chi connectivity index (χ0n) is 7.05. The van der Waals surface area contributed by atoms with Gasteiger partial charge < -0.3 is 10.8 Å². The van der Waals surface area contributed by atoms with Crippen LogP contribution in [0.25, 0.3) is 0 Å². The van der Waals surface area contributed by atoms with Crippen molar-refractivity contribution in [1.82, 2.24) is 0 Å². The number of hydrogen-bond acceptors (Lipinski definition) is 2. The van der Waals surface area contributed by atoms with Crippen molar-refractivity contribution in [3.63, 3.8) is 0 Å². The van der Waals surface area contributed by atoms with Gasteiger partial charge in [-0.15, -0.1) is 12.4 Å². The van der Waals surface area contributed by atoms with Crippen LogP contribution in [0.3, 0.4) is 0 Å². The molecule has 1 aliphatic carbocycles. The van der Waals surface area contributed by atoms with E-state index < -0.39 is 0 Å². The van der Waals surface area contributed by atoms with Crippen LogP contribution in [-0.2, 0) is 0 Å². The number of nitrogens with two attached hydrogens (primary N) is 1. The molecule has 1 fully saturated rings. The monoisotopic (exact) mass is 179 g/mol. The zero-order valence-corrected chi connectivity index (χ0v) is 7.86. The van der Waals surface area contributed by atoms with Crippen molar-refractivity contribution >= 4 is 12.4 Å². The van der Waals surface area contributed by atoms with Crippen LogP contribution in [0.2, 0.25) is 0 Å². The van der Waals surface area contributed by atoms with Crippen LogP contribution in [0.1, 0.15) is 32.6 Å². The highest BCUT2D eigenvalue weighted by atomic mass is 35.5. The van der Waals surface area contributed by atoms with Gasteiger partial charge in [-0.2, -0.15) is 0 Å². The van der Waals surface area contributed by atoms with Gasteiger partial charge in [0.15, 0.2) is 0 Å². The lowest BCUT2D eigenvalue weighted by Crippen LogP contribution is -2.47. The summed E-state index contributed by atoms with van der Waals surface area (Å²) in [5, 5.41) is 8.95. The summed E-state index contributed by atoms with van der Waals surface area (Å²) < 4.78 is 0. The van der Waals surface area contributed by atoms with Crippen LogP contribution in [-0.4, -0.2) is 17.3 Å². The first-order chi connectivity index (χ1) is 4.67. The summed E-state index contributed by atoms with van der Waals surface area (Å²) in [5.74, 6) is 0.334. The molecule has 0 aromatic rings. The molecule has 0 bridgehead atoms. The van der Waals surface area contributed by atoms with Gasteiger partial charge in [0.2, 0.25) is 0 Å². The molecule has 11 heavy (non-hydrogen) atoms. The normalized spacial score (nSPS) is 37.9. The van der Waals surface area contributed by atoms with Gasteiger partial charge in [-0.1, -0.05) is 12.8 Å². The first kappa shape index (κ1) is 11.2. The lowest BCUT2D eigenvalue weighted by molar-refractivity contribution is 0.120. The van der Waals surface area contributed by atoms with Gasteiger partial charge in [-0.25, -0.2) is 0 Å². The van der Waals surface area contributed by atoms with Gasteiger partial charge in [0.1, 0.15) is 0 Å². The second kappa shape index (κ2) is 4.29. The van der Waals surface area contributed by atoms with Crippen molar-refractivity contribution in [3.8, 4) is 0 Å². The van der Waals surface area contributed by atoms with E-state index in [4.69, 9.17) is 10.8 Å². The standard InChI is InChI=1S/C8H17NO.ClH/c1-8(9)5-3-2-4-7(8)6-10;/h7,10H,2-6,9H2,1H3;1H/t7?,8-;/m0./s1. The van der Waals surface area contributed by atoms with Crippen LogP contribution < -0.4 is 5.73 Å². The summed E-state index contributed by atoms with van der Waals surface area (Å²) in [6, 6.07) is 0. The summed E-state index contributed by atoms with van der Waals surface area (Å²) in [6.07, 6.45) is 4.63. The Morgan fingerprint density at radius 1 is 1.55 bits per heavy atom. The molecular formula is C8H18ClNO. The highest BCUT2D eigenvalue weighted by Crippen LogP contribution is 2.30. The second-order valence-electron chi connectivity index (χ2n) is 3.63. The molecule has 0 saturated heterocycles. The average molecular weight is 180 g/mol. The average Bonchev–Trinajstić information content (AvgIpc) is 1.87. The Labute approximate surface area is 74.6 Å². The van der Waals surface area contributed by atoms with Crippen molar-refractivity contribution < 1.29 is 5.11 Å². The predicted octanol–water partition coefficient (Wildman–Crippen LogP) is 1.31. The highest BCUT2D eigenvalue weighted by Gasteiger charge is 2.31. The largest absolute Gasteiger partial charge is 0.396 e. The number of halogens is 1. The maximum Gasteiger partial charge on any atom is 0.0476 e. The Morgan fingerprint density at radius 2 is 2.18 bits per heavy atom. The minimum atomic E-state index is -0.104. The first-order valence-corrected chi connectivity index (χ1v) is 4.06. The van der Waals surface area contributed by atoms with Crippen LogP contribution in [0, 0.1) is 5.92 Å². The molecule has 0 amide bonds. The fraction of sp³-hybridized carbons (Fsp3) is 1.00. The van der Waals surface area contributed by atoms with E-state index in [-0.39, 0.29) is 24.6 Å². The number of hydrogen-bond donors (Lipinski definition) is 2. The third-order valence-corrected chi connectivity index (χ3v) is 2.67. The minimum Gasteiger partial charge on any atom is -0.396 e. The molecule has 2 nitrogen and oxygen atoms in total. The topological polar surface area (TPSA) is 46.2 Å². The van der Waals surface area contributed by atoms with E-state index in [0.717, 1.165) is 12.8 Å². The molecule has 1 rings (SSSR count). The maximum absolute atomic E-state index is 8.95. The molecule has 0 spiro atoms. The fourth-order valence-corrected chi connectivity index (χ4v) is 1.73. The third-order valence-electron chi connectivity index (χ3n) is 2.67. The molecule has 1 saturated carbocycles. The Kier molecular flexibility index (Phi) is 4.37. The van der Waals surface area contributed by atoms with Gasteiger partial charge in [-0.05, 0) is 25.7 Å². The summed E-state index contributed by atoms with van der Waals surface area (Å²) in [5.41, 5.74) is 5.87. The van der Waals surface area contributed by atoms with Crippen molar-refractivity contribution in [2.24, 2.45) is 11.7 Å². The zero-order chi connectivity index (χ0) is 7.61. The molecule has 0 radical (unpaired) electrons. The Hall–Kier alpha value is 0.210. The summed E-state index contributed by atoms with van der Waals surface area (Å²) >= 11 is 0. The number of rotatable bonds is 1. The van der Waals surface area contributed by atoms with Crippen LogP contribution >= 0.6 is 12.4 Å². The van der Waals surface area contributed by atoms with E-state index in [0.29, 0.717) is 5.92 Å². The first-order valence-electron chi connectivity index (χ1n) is 4.06. The summed E-state index contributed by atoms with van der Waals surface area (Å²) in [4.78, 5) is 0. The molecule has 0 aliphatic heterocycles. The van der Waals surface area contributed by atoms with Crippen LogP contribution in [0.4, 0.5) is 0 Å². The van der Waals surface area contributed by atoms with Crippen LogP contribution in [0.15, 0.2) is 0 Å². The predicted molar refractivity (Wildman–Crippen MR) is 48.9 cm³/mol. The number of aliphatic hydroxyl groups excluding tert-OH is 1. The van der Waals surface area contributed by atoms with Crippen molar-refractivity contribution in [2.75, 3.05) is 6.61 Å². The molecule has 2 atom stereocenters. The van der Waals surface area contributed by atoms with Gasteiger partial charge in [0.25, 0.3) is 0 Å². The van der Waals surface area contributed by atoms with E-state index in [9.17, 15) is 0 Å². The van der Waals surface area contributed by atoms with E-state index in [1.54, 1.807) is 0 Å². The number of aliphatic hydroxyl groups is 1. The molecule has 1 unspecified atom stereocenters. The maximum atomic E-state index is 8.95. The smallest absolute Gasteiger partial charge is 0.0476 e. The molecule has 68 valence electrons. The summed E-state index contributed by atoms with van der Waals surface area (Å²) in [7, 11) is 0. The van der Waals surface area contributed by atoms with E-state index in [2.05, 4.69) is 0 Å². The lowest BCUT2D eigenvalue weighted by atomic mass is 9.75. The molecule has 0 heterocycles. The summed E-state index contributed by atoms with van der Waals surface area (Å²) in [6.45, 7) is 2.31. The Balaban J connectivity index is 0.000001000. The second-order valence-corrected chi connectivity index (χ2v) is 3.63. The lowest BCUT2D eigenvalue weighted by Gasteiger charge is -2.37. The van der Waals surface area contributed by atoms with Crippen LogP contribution in [0.5, 0.6) is 0 Å². The fourth-order valence-electron chi connectivity index (χ4n) is 1.73. The third kappa shape index (κ3) is 2.62. The Bertz CT molecular complexity index is 117. The minimum absolute atomic E-state index is 0. The quantitative estimate of drug-likeness (QED) is 0.638. The Morgan fingerprint density at radius 3 is 2.55 bits per heavy atom. The molecule has 1 aliphatic rings.